The summed E-state index contributed by atoms with van der Waals surface area (Å²) < 4.78 is 35.9. The number of rotatable bonds is 5. The molecular weight excluding hydrogens is 358 g/mol. The van der Waals surface area contributed by atoms with Crippen molar-refractivity contribution >= 4 is 28.0 Å². The van der Waals surface area contributed by atoms with Gasteiger partial charge in [-0.1, -0.05) is 43.5 Å². The smallest absolute Gasteiger partial charge is 0.340 e. The normalized spacial score (nSPS) is 20.0. The van der Waals surface area contributed by atoms with E-state index in [1.165, 1.54) is 38.5 Å². The lowest BCUT2D eigenvalue weighted by Gasteiger charge is -2.41. The number of nitrogens with two attached hydrogens (primary N) is 2. The summed E-state index contributed by atoms with van der Waals surface area (Å²) in [5, 5.41) is 0. The molecule has 2 fully saturated rings. The van der Waals surface area contributed by atoms with Gasteiger partial charge in [-0.05, 0) is 30.4 Å². The number of hydrogen-bond donors (Lipinski definition) is 3. The molecule has 2 saturated carbocycles. The summed E-state index contributed by atoms with van der Waals surface area (Å²) in [5.74, 6) is 0.407. The maximum atomic E-state index is 11.0. The van der Waals surface area contributed by atoms with Crippen molar-refractivity contribution in [3.8, 4) is 0 Å². The van der Waals surface area contributed by atoms with Crippen LogP contribution in [0.25, 0.3) is 0 Å². The maximum Gasteiger partial charge on any atom is 0.474 e. The molecule has 10 heteroatoms. The van der Waals surface area contributed by atoms with Gasteiger partial charge in [-0.15, -0.1) is 0 Å². The van der Waals surface area contributed by atoms with Gasteiger partial charge in [-0.2, -0.15) is 8.42 Å². The first-order chi connectivity index (χ1) is 12.3. The molecule has 0 spiro atoms. The van der Waals surface area contributed by atoms with Crippen molar-refractivity contribution in [2.75, 3.05) is 16.4 Å². The molecule has 9 nitrogen and oxygen atoms in total. The molecule has 0 bridgehead atoms. The van der Waals surface area contributed by atoms with Gasteiger partial charge in [0.25, 0.3) is 0 Å². The van der Waals surface area contributed by atoms with Gasteiger partial charge in [0.1, 0.15) is 0 Å². The van der Waals surface area contributed by atoms with E-state index in [9.17, 15) is 8.42 Å². The van der Waals surface area contributed by atoms with Crippen molar-refractivity contribution in [3.05, 3.63) is 6.07 Å². The maximum absolute atomic E-state index is 11.0. The predicted octanol–water partition coefficient (Wildman–Crippen LogP) is 1.24. The number of nitrogen functional groups attached to an aromatic ring is 2. The Kier molecular flexibility index (Phi) is 5.71. The van der Waals surface area contributed by atoms with E-state index in [-0.39, 0.29) is 11.8 Å². The molecule has 0 amide bonds. The molecule has 0 saturated heterocycles. The zero-order valence-electron chi connectivity index (χ0n) is 14.9. The molecular formula is C16H28N5O4S+. The monoisotopic (exact) mass is 386 g/mol. The van der Waals surface area contributed by atoms with Gasteiger partial charge in [0, 0.05) is 12.1 Å². The number of nitrogens with zero attached hydrogens (tertiary/aromatic N) is 3. The second-order valence-corrected chi connectivity index (χ2v) is 8.19. The van der Waals surface area contributed by atoms with Crippen LogP contribution in [0.15, 0.2) is 6.07 Å². The second-order valence-electron chi connectivity index (χ2n) is 7.18. The Morgan fingerprint density at radius 3 is 1.96 bits per heavy atom. The van der Waals surface area contributed by atoms with E-state index in [0.717, 1.165) is 25.7 Å². The molecule has 146 valence electrons. The van der Waals surface area contributed by atoms with Crippen molar-refractivity contribution < 1.29 is 22.0 Å². The molecule has 0 radical (unpaired) electrons. The predicted molar refractivity (Wildman–Crippen MR) is 97.6 cm³/mol. The molecule has 1 aromatic rings. The Bertz CT molecular complexity index is 689. The third-order valence-corrected chi connectivity index (χ3v) is 5.66. The van der Waals surface area contributed by atoms with E-state index in [4.69, 9.17) is 16.0 Å². The van der Waals surface area contributed by atoms with Gasteiger partial charge in [0.05, 0.1) is 6.07 Å². The zero-order valence-corrected chi connectivity index (χ0v) is 15.7. The molecule has 2 aliphatic carbocycles. The van der Waals surface area contributed by atoms with Gasteiger partial charge in [0.15, 0.2) is 5.82 Å². The van der Waals surface area contributed by atoms with E-state index in [1.54, 1.807) is 6.07 Å². The molecule has 26 heavy (non-hydrogen) atoms. The lowest BCUT2D eigenvalue weighted by atomic mass is 9.88. The van der Waals surface area contributed by atoms with E-state index in [1.807, 2.05) is 0 Å². The second kappa shape index (κ2) is 7.83. The molecule has 5 N–H and O–H groups in total. The quantitative estimate of drug-likeness (QED) is 0.508. The lowest BCUT2D eigenvalue weighted by molar-refractivity contribution is -0.835. The first-order valence-corrected chi connectivity index (χ1v) is 10.7. The minimum atomic E-state index is -4.75. The van der Waals surface area contributed by atoms with Crippen molar-refractivity contribution in [2.45, 2.75) is 76.3 Å². The first kappa shape index (κ1) is 19.0. The molecule has 1 heterocycles. The number of hydrogen-bond acceptors (Lipinski definition) is 7. The van der Waals surface area contributed by atoms with Crippen LogP contribution < -0.4 is 25.4 Å². The van der Waals surface area contributed by atoms with Gasteiger partial charge in [0.2, 0.25) is 5.82 Å². The average Bonchev–Trinajstić information content (AvgIpc) is 2.60. The lowest BCUT2D eigenvalue weighted by Crippen LogP contribution is -2.52. The third-order valence-electron chi connectivity index (χ3n) is 5.32. The highest BCUT2D eigenvalue weighted by atomic mass is 32.3. The minimum absolute atomic E-state index is 0.0262. The summed E-state index contributed by atoms with van der Waals surface area (Å²) in [6, 6.07) is 2.35. The molecule has 1 aromatic heterocycles. The van der Waals surface area contributed by atoms with Crippen LogP contribution in [0.3, 0.4) is 0 Å². The highest BCUT2D eigenvalue weighted by Gasteiger charge is 2.33. The fourth-order valence-electron chi connectivity index (χ4n) is 4.22. The molecule has 0 aliphatic heterocycles. The Labute approximate surface area is 154 Å². The SMILES string of the molecule is Nc1cc(N(C2CCCCC2)C2CCCCC2)nc(N)[n+]1OS(=O)(=O)O. The summed E-state index contributed by atoms with van der Waals surface area (Å²) in [6.07, 6.45) is 11.7. The summed E-state index contributed by atoms with van der Waals surface area (Å²) in [7, 11) is -4.75. The largest absolute Gasteiger partial charge is 0.474 e. The van der Waals surface area contributed by atoms with E-state index < -0.39 is 10.4 Å². The molecule has 0 aromatic carbocycles. The zero-order chi connectivity index (χ0) is 18.7. The van der Waals surface area contributed by atoms with Crippen LogP contribution in [0.1, 0.15) is 64.2 Å². The van der Waals surface area contributed by atoms with Gasteiger partial charge < -0.3 is 16.4 Å². The Balaban J connectivity index is 1.94. The van der Waals surface area contributed by atoms with E-state index >= 15 is 0 Å². The Morgan fingerprint density at radius 2 is 1.54 bits per heavy atom. The average molecular weight is 386 g/mol. The highest BCUT2D eigenvalue weighted by Crippen LogP contribution is 2.33. The Hall–Kier alpha value is -1.81. The molecule has 2 aliphatic rings. The van der Waals surface area contributed by atoms with E-state index in [2.05, 4.69) is 14.2 Å². The van der Waals surface area contributed by atoms with Crippen LogP contribution in [-0.4, -0.2) is 30.0 Å². The number of anilines is 3. The van der Waals surface area contributed by atoms with E-state index in [0.29, 0.717) is 22.6 Å². The fraction of sp³-hybridized carbons (Fsp3) is 0.750. The first-order valence-electron chi connectivity index (χ1n) is 9.29. The molecule has 0 atom stereocenters. The highest BCUT2D eigenvalue weighted by molar-refractivity contribution is 7.80. The molecule has 0 unspecified atom stereocenters. The summed E-state index contributed by atoms with van der Waals surface area (Å²) in [5.41, 5.74) is 11.8. The summed E-state index contributed by atoms with van der Waals surface area (Å²) in [6.45, 7) is 0. The van der Waals surface area contributed by atoms with Crippen molar-refractivity contribution in [1.82, 2.24) is 4.98 Å². The third kappa shape index (κ3) is 4.47. The summed E-state index contributed by atoms with van der Waals surface area (Å²) in [4.78, 5) is 6.69. The Morgan fingerprint density at radius 1 is 1.04 bits per heavy atom. The van der Waals surface area contributed by atoms with Crippen molar-refractivity contribution in [1.29, 1.82) is 0 Å². The molecule has 3 rings (SSSR count). The van der Waals surface area contributed by atoms with Crippen LogP contribution in [-0.2, 0) is 10.4 Å². The standard InChI is InChI=1S/C16H27N5O4S/c17-14-11-15(19-16(18)21(14)25-26(22,23)24)20(12-7-3-1-4-8-12)13-9-5-2-6-10-13/h11-13H,1-10H2,(H4,17,18,19,22,23,24)/p+1. The number of aromatic nitrogens is 2. The van der Waals surface area contributed by atoms with Crippen LogP contribution in [0.5, 0.6) is 0 Å². The van der Waals surface area contributed by atoms with Crippen LogP contribution in [0, 0.1) is 0 Å². The fourth-order valence-corrected chi connectivity index (χ4v) is 4.57. The van der Waals surface area contributed by atoms with Crippen LogP contribution in [0.4, 0.5) is 17.6 Å². The van der Waals surface area contributed by atoms with Crippen molar-refractivity contribution in [3.63, 3.8) is 0 Å². The van der Waals surface area contributed by atoms with Crippen LogP contribution >= 0.6 is 0 Å². The van der Waals surface area contributed by atoms with Crippen molar-refractivity contribution in [2.24, 2.45) is 0 Å². The van der Waals surface area contributed by atoms with Crippen LogP contribution in [0.2, 0.25) is 0 Å². The topological polar surface area (TPSA) is 136 Å². The minimum Gasteiger partial charge on any atom is -0.340 e. The van der Waals surface area contributed by atoms with Gasteiger partial charge in [-0.25, -0.2) is 4.28 Å². The van der Waals surface area contributed by atoms with Gasteiger partial charge >= 0.3 is 16.3 Å². The summed E-state index contributed by atoms with van der Waals surface area (Å²) >= 11 is 0. The van der Waals surface area contributed by atoms with Gasteiger partial charge in [-0.3, -0.25) is 4.55 Å².